The number of piperidine rings is 1. The van der Waals surface area contributed by atoms with Crippen LogP contribution < -0.4 is 10.5 Å². The van der Waals surface area contributed by atoms with E-state index in [0.29, 0.717) is 49.0 Å². The van der Waals surface area contributed by atoms with E-state index in [4.69, 9.17) is 9.47 Å². The normalized spacial score (nSPS) is 20.1. The number of nitro groups is 1. The third-order valence-corrected chi connectivity index (χ3v) is 5.79. The summed E-state index contributed by atoms with van der Waals surface area (Å²) in [5, 5.41) is 12.1. The second-order valence-electron chi connectivity index (χ2n) is 6.16. The number of anilines is 1. The van der Waals surface area contributed by atoms with Gasteiger partial charge in [0.15, 0.2) is 10.9 Å². The molecule has 0 unspecified atom stereocenters. The van der Waals surface area contributed by atoms with Gasteiger partial charge in [-0.15, -0.1) is 0 Å². The van der Waals surface area contributed by atoms with Gasteiger partial charge >= 0.3 is 0 Å². The Balaban J connectivity index is 1.65. The number of ether oxygens (including phenoxy) is 2. The summed E-state index contributed by atoms with van der Waals surface area (Å²) in [7, 11) is 0. The van der Waals surface area contributed by atoms with Gasteiger partial charge in [-0.3, -0.25) is 14.9 Å². The molecule has 0 amide bonds. The van der Waals surface area contributed by atoms with Crippen molar-refractivity contribution in [1.29, 1.82) is 0 Å². The Hall–Kier alpha value is -2.10. The molecule has 0 N–H and O–H groups in total. The zero-order valence-electron chi connectivity index (χ0n) is 13.5. The van der Waals surface area contributed by atoms with Gasteiger partial charge in [0.05, 0.1) is 23.5 Å². The van der Waals surface area contributed by atoms with Crippen LogP contribution >= 0.6 is 11.3 Å². The number of aromatic nitrogens is 1. The summed E-state index contributed by atoms with van der Waals surface area (Å²) >= 11 is 1.19. The summed E-state index contributed by atoms with van der Waals surface area (Å²) in [6.45, 7) is 2.67. The van der Waals surface area contributed by atoms with Crippen LogP contribution in [0.15, 0.2) is 23.0 Å². The smallest absolute Gasteiger partial charge is 0.287 e. The van der Waals surface area contributed by atoms with Crippen molar-refractivity contribution in [3.05, 3.63) is 38.7 Å². The molecule has 2 aliphatic rings. The van der Waals surface area contributed by atoms with Gasteiger partial charge in [0, 0.05) is 32.0 Å². The molecule has 9 heteroatoms. The predicted molar refractivity (Wildman–Crippen MR) is 93.2 cm³/mol. The van der Waals surface area contributed by atoms with E-state index in [1.165, 1.54) is 23.5 Å². The fraction of sp³-hybridized carbons (Fsp3) is 0.500. The molecule has 3 heterocycles. The molecule has 1 aromatic heterocycles. The van der Waals surface area contributed by atoms with Crippen molar-refractivity contribution in [1.82, 2.24) is 4.98 Å². The number of hydrogen-bond donors (Lipinski definition) is 0. The van der Waals surface area contributed by atoms with Crippen LogP contribution in [0.3, 0.4) is 0 Å². The molecule has 1 spiro atoms. The van der Waals surface area contributed by atoms with Crippen LogP contribution in [0.25, 0.3) is 10.1 Å². The molecule has 2 aliphatic heterocycles. The second-order valence-corrected chi connectivity index (χ2v) is 7.14. The maximum Gasteiger partial charge on any atom is 0.287 e. The molecule has 0 atom stereocenters. The standard InChI is InChI=1S/C16H17N3O5S/c20-14-11-3-1-4-12(19(21)22)13(11)25-15(17-14)18-7-5-16(6-8-18)23-9-2-10-24-16/h1,3-4H,2,5-10H2. The summed E-state index contributed by atoms with van der Waals surface area (Å²) in [6, 6.07) is 4.50. The quantitative estimate of drug-likeness (QED) is 0.597. The minimum absolute atomic E-state index is 0.0596. The second kappa shape index (κ2) is 6.32. The lowest BCUT2D eigenvalue weighted by molar-refractivity contribution is -0.382. The first-order valence-corrected chi connectivity index (χ1v) is 9.01. The lowest BCUT2D eigenvalue weighted by atomic mass is 10.0. The van der Waals surface area contributed by atoms with Crippen molar-refractivity contribution in [3.8, 4) is 0 Å². The van der Waals surface area contributed by atoms with Gasteiger partial charge in [0.1, 0.15) is 4.70 Å². The maximum absolute atomic E-state index is 12.3. The van der Waals surface area contributed by atoms with Gasteiger partial charge in [0.25, 0.3) is 11.2 Å². The Morgan fingerprint density at radius 2 is 1.96 bits per heavy atom. The predicted octanol–water partition coefficient (Wildman–Crippen LogP) is 2.30. The number of fused-ring (bicyclic) bond motifs is 1. The number of non-ortho nitro benzene ring substituents is 1. The van der Waals surface area contributed by atoms with Crippen LogP contribution in [-0.2, 0) is 9.47 Å². The summed E-state index contributed by atoms with van der Waals surface area (Å²) in [6.07, 6.45) is 2.28. The summed E-state index contributed by atoms with van der Waals surface area (Å²) in [5.41, 5.74) is -0.492. The van der Waals surface area contributed by atoms with Crippen LogP contribution in [-0.4, -0.2) is 42.0 Å². The van der Waals surface area contributed by atoms with Crippen molar-refractivity contribution in [2.75, 3.05) is 31.2 Å². The molecule has 2 saturated heterocycles. The van der Waals surface area contributed by atoms with Crippen molar-refractivity contribution >= 4 is 32.2 Å². The molecule has 132 valence electrons. The van der Waals surface area contributed by atoms with E-state index in [-0.39, 0.29) is 11.1 Å². The van der Waals surface area contributed by atoms with E-state index in [1.54, 1.807) is 6.07 Å². The fourth-order valence-corrected chi connectivity index (χ4v) is 4.42. The molecule has 25 heavy (non-hydrogen) atoms. The van der Waals surface area contributed by atoms with Gasteiger partial charge < -0.3 is 14.4 Å². The monoisotopic (exact) mass is 363 g/mol. The Morgan fingerprint density at radius 3 is 2.64 bits per heavy atom. The highest BCUT2D eigenvalue weighted by molar-refractivity contribution is 7.22. The topological polar surface area (TPSA) is 94.8 Å². The minimum atomic E-state index is -0.525. The first-order valence-electron chi connectivity index (χ1n) is 8.19. The first-order chi connectivity index (χ1) is 12.1. The van der Waals surface area contributed by atoms with E-state index < -0.39 is 16.3 Å². The van der Waals surface area contributed by atoms with Gasteiger partial charge in [-0.2, -0.15) is 4.98 Å². The lowest BCUT2D eigenvalue weighted by Gasteiger charge is -2.43. The number of benzene rings is 1. The molecule has 2 fully saturated rings. The van der Waals surface area contributed by atoms with E-state index in [0.717, 1.165) is 6.42 Å². The van der Waals surface area contributed by atoms with Crippen LogP contribution in [0, 0.1) is 10.1 Å². The SMILES string of the molecule is O=c1nc(N2CCC3(CC2)OCCCO3)sc2c([N+](=O)[O-])cccc12. The van der Waals surface area contributed by atoms with Crippen LogP contribution in [0.1, 0.15) is 19.3 Å². The molecule has 8 nitrogen and oxygen atoms in total. The molecular weight excluding hydrogens is 346 g/mol. The van der Waals surface area contributed by atoms with E-state index in [1.807, 2.05) is 4.90 Å². The zero-order chi connectivity index (χ0) is 17.4. The van der Waals surface area contributed by atoms with Crippen molar-refractivity contribution in [2.45, 2.75) is 25.0 Å². The lowest BCUT2D eigenvalue weighted by Crippen LogP contribution is -2.50. The first kappa shape index (κ1) is 16.4. The Bertz CT molecular complexity index is 868. The summed E-state index contributed by atoms with van der Waals surface area (Å²) in [4.78, 5) is 29.2. The molecule has 0 radical (unpaired) electrons. The average Bonchev–Trinajstić information content (AvgIpc) is 2.62. The number of nitro benzene ring substituents is 1. The average molecular weight is 363 g/mol. The van der Waals surface area contributed by atoms with E-state index >= 15 is 0 Å². The minimum Gasteiger partial charge on any atom is -0.350 e. The van der Waals surface area contributed by atoms with Crippen molar-refractivity contribution < 1.29 is 14.4 Å². The Kier molecular flexibility index (Phi) is 4.14. The number of hydrogen-bond acceptors (Lipinski definition) is 8. The van der Waals surface area contributed by atoms with Crippen molar-refractivity contribution in [3.63, 3.8) is 0 Å². The highest BCUT2D eigenvalue weighted by Crippen LogP contribution is 2.36. The molecule has 1 aromatic carbocycles. The van der Waals surface area contributed by atoms with E-state index in [9.17, 15) is 14.9 Å². The van der Waals surface area contributed by atoms with Gasteiger partial charge in [-0.05, 0) is 12.5 Å². The number of rotatable bonds is 2. The molecule has 0 bridgehead atoms. The highest BCUT2D eigenvalue weighted by atomic mass is 32.1. The largest absolute Gasteiger partial charge is 0.350 e. The van der Waals surface area contributed by atoms with Gasteiger partial charge in [-0.25, -0.2) is 0 Å². The van der Waals surface area contributed by atoms with Crippen molar-refractivity contribution in [2.24, 2.45) is 0 Å². The molecule has 4 rings (SSSR count). The number of nitrogens with zero attached hydrogens (tertiary/aromatic N) is 3. The maximum atomic E-state index is 12.3. The van der Waals surface area contributed by atoms with Crippen LogP contribution in [0.4, 0.5) is 10.8 Å². The summed E-state index contributed by atoms with van der Waals surface area (Å²) in [5.74, 6) is -0.525. The Labute approximate surface area is 147 Å². The summed E-state index contributed by atoms with van der Waals surface area (Å²) < 4.78 is 12.0. The Morgan fingerprint density at radius 1 is 1.24 bits per heavy atom. The van der Waals surface area contributed by atoms with Gasteiger partial charge in [0.2, 0.25) is 0 Å². The molecule has 2 aromatic rings. The van der Waals surface area contributed by atoms with Crippen LogP contribution in [0.5, 0.6) is 0 Å². The third kappa shape index (κ3) is 2.99. The molecular formula is C16H17N3O5S. The van der Waals surface area contributed by atoms with Gasteiger partial charge in [-0.1, -0.05) is 17.4 Å². The van der Waals surface area contributed by atoms with E-state index in [2.05, 4.69) is 4.98 Å². The third-order valence-electron chi connectivity index (χ3n) is 4.63. The van der Waals surface area contributed by atoms with Crippen LogP contribution in [0.2, 0.25) is 0 Å². The fourth-order valence-electron chi connectivity index (χ4n) is 3.29. The molecule has 0 saturated carbocycles. The highest BCUT2D eigenvalue weighted by Gasteiger charge is 2.39. The zero-order valence-corrected chi connectivity index (χ0v) is 14.3. The molecule has 0 aliphatic carbocycles.